The lowest BCUT2D eigenvalue weighted by Crippen LogP contribution is -2.12. The van der Waals surface area contributed by atoms with Crippen LogP contribution in [-0.2, 0) is 4.79 Å². The maximum absolute atomic E-state index is 12.3. The number of hydrogen-bond acceptors (Lipinski definition) is 5. The van der Waals surface area contributed by atoms with Crippen LogP contribution in [0.5, 0.6) is 11.5 Å². The van der Waals surface area contributed by atoms with Gasteiger partial charge in [0, 0.05) is 33.5 Å². The minimum Gasteiger partial charge on any atom is -0.497 e. The molecule has 6 nitrogen and oxygen atoms in total. The molecule has 0 radical (unpaired) electrons. The van der Waals surface area contributed by atoms with E-state index in [1.165, 1.54) is 11.8 Å². The molecule has 0 saturated heterocycles. The highest BCUT2D eigenvalue weighted by Gasteiger charge is 2.15. The third kappa shape index (κ3) is 6.01. The van der Waals surface area contributed by atoms with Crippen molar-refractivity contribution in [1.29, 1.82) is 0 Å². The summed E-state index contributed by atoms with van der Waals surface area (Å²) in [4.78, 5) is 20.6. The Bertz CT molecular complexity index is 1180. The Hall–Kier alpha value is -3.23. The molecule has 0 unspecified atom stereocenters. The lowest BCUT2D eigenvalue weighted by Gasteiger charge is -2.06. The predicted molar refractivity (Wildman–Crippen MR) is 141 cm³/mol. The number of aromatic nitrogens is 2. The number of carbonyl (C=O) groups excluding carboxylic acids is 1. The molecule has 0 bridgehead atoms. The molecule has 0 aliphatic rings. The van der Waals surface area contributed by atoms with Gasteiger partial charge in [0.1, 0.15) is 11.5 Å². The minimum absolute atomic E-state index is 0.0351. The lowest BCUT2D eigenvalue weighted by atomic mass is 10.0. The first kappa shape index (κ1) is 23.9. The number of imidazole rings is 1. The number of amides is 1. The van der Waals surface area contributed by atoms with Crippen LogP contribution in [0.2, 0.25) is 0 Å². The fourth-order valence-electron chi connectivity index (χ4n) is 3.34. The first-order chi connectivity index (χ1) is 16.6. The minimum atomic E-state index is -0.0351. The third-order valence-electron chi connectivity index (χ3n) is 5.12. The third-order valence-corrected chi connectivity index (χ3v) is 6.52. The van der Waals surface area contributed by atoms with Crippen LogP contribution in [-0.4, -0.2) is 35.8 Å². The Balaban J connectivity index is 1.49. The van der Waals surface area contributed by atoms with E-state index in [0.29, 0.717) is 12.2 Å². The van der Waals surface area contributed by atoms with Gasteiger partial charge in [0.15, 0.2) is 5.16 Å². The molecule has 174 valence electrons. The molecule has 0 aliphatic heterocycles. The number of nitrogens with one attached hydrogen (secondary N) is 2. The van der Waals surface area contributed by atoms with Gasteiger partial charge in [0.25, 0.3) is 0 Å². The normalized spacial score (nSPS) is 10.7. The highest BCUT2D eigenvalue weighted by atomic mass is 79.9. The summed E-state index contributed by atoms with van der Waals surface area (Å²) in [6, 6.07) is 23.2. The second-order valence-corrected chi connectivity index (χ2v) is 9.38. The number of methoxy groups -OCH3 is 2. The number of nitrogens with zero attached hydrogens (tertiary/aromatic N) is 1. The average Bonchev–Trinajstić information content (AvgIpc) is 3.29. The monoisotopic (exact) mass is 537 g/mol. The number of thioether (sulfide) groups is 1. The van der Waals surface area contributed by atoms with E-state index in [0.717, 1.165) is 49.3 Å². The van der Waals surface area contributed by atoms with Crippen LogP contribution in [0.3, 0.4) is 0 Å². The van der Waals surface area contributed by atoms with E-state index in [1.54, 1.807) is 14.2 Å². The van der Waals surface area contributed by atoms with Crippen molar-refractivity contribution in [2.75, 3.05) is 25.3 Å². The largest absolute Gasteiger partial charge is 0.497 e. The molecular formula is C26H24BrN3O3S. The van der Waals surface area contributed by atoms with Crippen LogP contribution < -0.4 is 14.8 Å². The van der Waals surface area contributed by atoms with Gasteiger partial charge in [-0.05, 0) is 72.8 Å². The van der Waals surface area contributed by atoms with Crippen molar-refractivity contribution < 1.29 is 14.3 Å². The van der Waals surface area contributed by atoms with Gasteiger partial charge in [0.05, 0.1) is 25.6 Å². The molecule has 8 heteroatoms. The van der Waals surface area contributed by atoms with Crippen LogP contribution in [0.1, 0.15) is 6.42 Å². The zero-order chi connectivity index (χ0) is 23.9. The zero-order valence-corrected chi connectivity index (χ0v) is 21.2. The second kappa shape index (κ2) is 11.3. The van der Waals surface area contributed by atoms with Crippen molar-refractivity contribution in [3.63, 3.8) is 0 Å². The van der Waals surface area contributed by atoms with Crippen molar-refractivity contribution >= 4 is 39.3 Å². The van der Waals surface area contributed by atoms with Gasteiger partial charge in [-0.25, -0.2) is 4.98 Å². The second-order valence-electron chi connectivity index (χ2n) is 7.38. The number of H-pyrrole nitrogens is 1. The molecule has 1 heterocycles. The Morgan fingerprint density at radius 2 is 1.50 bits per heavy atom. The average molecular weight is 538 g/mol. The molecule has 0 saturated carbocycles. The van der Waals surface area contributed by atoms with E-state index in [9.17, 15) is 4.79 Å². The summed E-state index contributed by atoms with van der Waals surface area (Å²) in [5.74, 6) is 2.14. The smallest absolute Gasteiger partial charge is 0.225 e. The van der Waals surface area contributed by atoms with Gasteiger partial charge in [-0.15, -0.1) is 0 Å². The Morgan fingerprint density at radius 3 is 2.09 bits per heavy atom. The van der Waals surface area contributed by atoms with Crippen LogP contribution in [0.25, 0.3) is 22.5 Å². The highest BCUT2D eigenvalue weighted by molar-refractivity contribution is 9.10. The van der Waals surface area contributed by atoms with E-state index >= 15 is 0 Å². The number of ether oxygens (including phenoxy) is 2. The maximum atomic E-state index is 12.3. The SMILES string of the molecule is COc1ccc(-c2nc(SCCC(=O)Nc3ccc(Br)cc3)[nH]c2-c2ccc(OC)cc2)cc1. The molecule has 4 aromatic rings. The van der Waals surface area contributed by atoms with Crippen molar-refractivity contribution in [3.05, 3.63) is 77.3 Å². The summed E-state index contributed by atoms with van der Waals surface area (Å²) in [6.07, 6.45) is 0.372. The quantitative estimate of drug-likeness (QED) is 0.234. The van der Waals surface area contributed by atoms with Gasteiger partial charge in [0.2, 0.25) is 5.91 Å². The van der Waals surface area contributed by atoms with Crippen molar-refractivity contribution in [1.82, 2.24) is 9.97 Å². The number of hydrogen-bond donors (Lipinski definition) is 2. The van der Waals surface area contributed by atoms with Crippen LogP contribution in [0.15, 0.2) is 82.4 Å². The molecule has 1 aromatic heterocycles. The topological polar surface area (TPSA) is 76.2 Å². The number of anilines is 1. The molecule has 34 heavy (non-hydrogen) atoms. The fraction of sp³-hybridized carbons (Fsp3) is 0.154. The number of rotatable bonds is 9. The molecule has 0 atom stereocenters. The van der Waals surface area contributed by atoms with Gasteiger partial charge in [-0.3, -0.25) is 4.79 Å². The molecule has 2 N–H and O–H groups in total. The molecule has 4 rings (SSSR count). The van der Waals surface area contributed by atoms with Crippen LogP contribution in [0, 0.1) is 0 Å². The summed E-state index contributed by atoms with van der Waals surface area (Å²) in [5, 5.41) is 3.68. The number of benzene rings is 3. The van der Waals surface area contributed by atoms with Crippen LogP contribution in [0.4, 0.5) is 5.69 Å². The summed E-state index contributed by atoms with van der Waals surface area (Å²) in [6.45, 7) is 0. The predicted octanol–water partition coefficient (Wildman–Crippen LogP) is 6.64. The maximum Gasteiger partial charge on any atom is 0.225 e. The fourth-order valence-corrected chi connectivity index (χ4v) is 4.42. The molecular weight excluding hydrogens is 514 g/mol. The Kier molecular flexibility index (Phi) is 7.92. The molecule has 1 amide bonds. The van der Waals surface area contributed by atoms with E-state index < -0.39 is 0 Å². The van der Waals surface area contributed by atoms with Crippen molar-refractivity contribution in [3.8, 4) is 34.0 Å². The van der Waals surface area contributed by atoms with Crippen LogP contribution >= 0.6 is 27.7 Å². The first-order valence-electron chi connectivity index (χ1n) is 10.6. The van der Waals surface area contributed by atoms with Crippen molar-refractivity contribution in [2.45, 2.75) is 11.6 Å². The summed E-state index contributed by atoms with van der Waals surface area (Å²) in [7, 11) is 3.30. The van der Waals surface area contributed by atoms with Gasteiger partial charge in [-0.2, -0.15) is 0 Å². The van der Waals surface area contributed by atoms with Gasteiger partial charge < -0.3 is 19.8 Å². The Labute approximate surface area is 211 Å². The molecule has 0 aliphatic carbocycles. The molecule has 3 aromatic carbocycles. The van der Waals surface area contributed by atoms with Gasteiger partial charge >= 0.3 is 0 Å². The summed E-state index contributed by atoms with van der Waals surface area (Å²) in [5.41, 5.74) is 4.51. The zero-order valence-electron chi connectivity index (χ0n) is 18.8. The lowest BCUT2D eigenvalue weighted by molar-refractivity contribution is -0.115. The van der Waals surface area contributed by atoms with E-state index in [-0.39, 0.29) is 5.91 Å². The van der Waals surface area contributed by atoms with E-state index in [4.69, 9.17) is 14.5 Å². The first-order valence-corrected chi connectivity index (χ1v) is 12.4. The summed E-state index contributed by atoms with van der Waals surface area (Å²) < 4.78 is 11.6. The standard InChI is InChI=1S/C26H24BrN3O3S/c1-32-21-11-3-17(4-12-21)24-25(18-5-13-22(33-2)14-6-18)30-26(29-24)34-16-15-23(31)28-20-9-7-19(27)8-10-20/h3-14H,15-16H2,1-2H3,(H,28,31)(H,29,30). The molecule has 0 spiro atoms. The van der Waals surface area contributed by atoms with E-state index in [1.807, 2.05) is 72.8 Å². The van der Waals surface area contributed by atoms with E-state index in [2.05, 4.69) is 26.2 Å². The number of carbonyl (C=O) groups is 1. The van der Waals surface area contributed by atoms with Crippen molar-refractivity contribution in [2.24, 2.45) is 0 Å². The summed E-state index contributed by atoms with van der Waals surface area (Å²) >= 11 is 4.91. The highest BCUT2D eigenvalue weighted by Crippen LogP contribution is 2.34. The molecule has 0 fully saturated rings. The van der Waals surface area contributed by atoms with Gasteiger partial charge in [-0.1, -0.05) is 27.7 Å². The number of aromatic amines is 1. The Morgan fingerprint density at radius 1 is 0.912 bits per heavy atom. The number of halogens is 1.